The Morgan fingerprint density at radius 1 is 1.12 bits per heavy atom. The van der Waals surface area contributed by atoms with E-state index in [1.807, 2.05) is 4.90 Å². The fourth-order valence-corrected chi connectivity index (χ4v) is 4.13. The van der Waals surface area contributed by atoms with Crippen molar-refractivity contribution in [3.05, 3.63) is 54.0 Å². The van der Waals surface area contributed by atoms with E-state index in [0.717, 1.165) is 12.8 Å². The van der Waals surface area contributed by atoms with Crippen LogP contribution >= 0.6 is 0 Å². The first kappa shape index (κ1) is 21.9. The fourth-order valence-electron chi connectivity index (χ4n) is 4.13. The normalized spacial score (nSPS) is 17.5. The van der Waals surface area contributed by atoms with Gasteiger partial charge in [-0.3, -0.25) is 14.4 Å². The molecule has 1 aliphatic heterocycles. The molecule has 3 amide bonds. The number of hydrogen-bond donors (Lipinski definition) is 2. The van der Waals surface area contributed by atoms with Gasteiger partial charge in [0.05, 0.1) is 19.9 Å². The summed E-state index contributed by atoms with van der Waals surface area (Å²) >= 11 is 0. The number of hydrogen-bond acceptors (Lipinski definition) is 5. The Morgan fingerprint density at radius 3 is 2.56 bits per heavy atom. The number of amides is 3. The number of carbonyl (C=O) groups excluding carboxylic acids is 3. The summed E-state index contributed by atoms with van der Waals surface area (Å²) in [6.07, 6.45) is 4.84. The van der Waals surface area contributed by atoms with Gasteiger partial charge in [0, 0.05) is 24.6 Å². The van der Waals surface area contributed by atoms with E-state index in [1.54, 1.807) is 49.8 Å². The van der Waals surface area contributed by atoms with Gasteiger partial charge in [-0.2, -0.15) is 0 Å². The molecular weight excluding hydrogens is 410 g/mol. The van der Waals surface area contributed by atoms with Crippen LogP contribution in [0.1, 0.15) is 41.8 Å². The third-order valence-electron chi connectivity index (χ3n) is 6.17. The molecule has 1 aliphatic carbocycles. The lowest BCUT2D eigenvalue weighted by molar-refractivity contribution is -0.134. The predicted molar refractivity (Wildman–Crippen MR) is 117 cm³/mol. The highest BCUT2D eigenvalue weighted by molar-refractivity contribution is 5.98. The Hall–Kier alpha value is -3.29. The number of ether oxygens (including phenoxy) is 1. The van der Waals surface area contributed by atoms with Crippen LogP contribution in [-0.2, 0) is 16.1 Å². The van der Waals surface area contributed by atoms with Crippen LogP contribution in [0, 0.1) is 11.8 Å². The summed E-state index contributed by atoms with van der Waals surface area (Å²) in [5, 5.41) is 5.79. The molecule has 32 heavy (non-hydrogen) atoms. The zero-order valence-corrected chi connectivity index (χ0v) is 18.2. The van der Waals surface area contributed by atoms with Gasteiger partial charge in [0.2, 0.25) is 11.8 Å². The quantitative estimate of drug-likeness (QED) is 0.658. The Balaban J connectivity index is 1.43. The van der Waals surface area contributed by atoms with Gasteiger partial charge in [-0.1, -0.05) is 6.07 Å². The number of likely N-dealkylation sites (tertiary alicyclic amines) is 1. The molecule has 2 fully saturated rings. The van der Waals surface area contributed by atoms with E-state index >= 15 is 0 Å². The van der Waals surface area contributed by atoms with Crippen LogP contribution in [0.4, 0.5) is 0 Å². The van der Waals surface area contributed by atoms with E-state index in [-0.39, 0.29) is 36.1 Å². The lowest BCUT2D eigenvalue weighted by Gasteiger charge is -2.36. The molecule has 2 heterocycles. The zero-order valence-electron chi connectivity index (χ0n) is 18.2. The smallest absolute Gasteiger partial charge is 0.252 e. The Labute approximate surface area is 187 Å². The van der Waals surface area contributed by atoms with E-state index in [0.29, 0.717) is 43.0 Å². The average molecular weight is 440 g/mol. The minimum Gasteiger partial charge on any atom is -0.497 e. The van der Waals surface area contributed by atoms with Crippen molar-refractivity contribution in [1.82, 2.24) is 15.5 Å². The van der Waals surface area contributed by atoms with Crippen molar-refractivity contribution in [2.75, 3.05) is 20.2 Å². The summed E-state index contributed by atoms with van der Waals surface area (Å²) in [4.78, 5) is 40.3. The van der Waals surface area contributed by atoms with E-state index in [9.17, 15) is 14.4 Å². The number of rotatable bonds is 8. The first-order chi connectivity index (χ1) is 15.5. The molecule has 1 aromatic carbocycles. The van der Waals surface area contributed by atoms with Gasteiger partial charge in [-0.15, -0.1) is 0 Å². The summed E-state index contributed by atoms with van der Waals surface area (Å²) in [7, 11) is 1.54. The second kappa shape index (κ2) is 9.89. The number of carbonyl (C=O) groups is 3. The molecular formula is C24H29N3O5. The Bertz CT molecular complexity index is 946. The van der Waals surface area contributed by atoms with Crippen LogP contribution < -0.4 is 15.4 Å². The Morgan fingerprint density at radius 2 is 1.91 bits per heavy atom. The predicted octanol–water partition coefficient (Wildman–Crippen LogP) is 2.35. The van der Waals surface area contributed by atoms with E-state index in [4.69, 9.17) is 9.15 Å². The van der Waals surface area contributed by atoms with Crippen LogP contribution in [0.2, 0.25) is 0 Å². The van der Waals surface area contributed by atoms with Crippen LogP contribution in [-0.4, -0.2) is 48.9 Å². The van der Waals surface area contributed by atoms with Crippen LogP contribution in [0.25, 0.3) is 0 Å². The van der Waals surface area contributed by atoms with Crippen molar-refractivity contribution < 1.29 is 23.5 Å². The molecule has 1 aromatic heterocycles. The molecule has 2 aromatic rings. The molecule has 2 aliphatic rings. The van der Waals surface area contributed by atoms with Crippen molar-refractivity contribution >= 4 is 17.7 Å². The molecule has 4 rings (SSSR count). The van der Waals surface area contributed by atoms with Gasteiger partial charge in [0.15, 0.2) is 0 Å². The summed E-state index contributed by atoms with van der Waals surface area (Å²) in [6.45, 7) is 1.46. The second-order valence-electron chi connectivity index (χ2n) is 8.42. The van der Waals surface area contributed by atoms with Crippen molar-refractivity contribution in [2.45, 2.75) is 38.3 Å². The van der Waals surface area contributed by atoms with E-state index < -0.39 is 6.04 Å². The van der Waals surface area contributed by atoms with Crippen LogP contribution in [0.5, 0.6) is 5.75 Å². The molecule has 2 N–H and O–H groups in total. The molecule has 8 nitrogen and oxygen atoms in total. The summed E-state index contributed by atoms with van der Waals surface area (Å²) < 4.78 is 10.5. The molecule has 1 saturated carbocycles. The SMILES string of the molecule is COc1cccc(C(=O)N[C@H](C(=O)NCc2ccco2)C2CCN(C(=O)C3CC3)CC2)c1. The van der Waals surface area contributed by atoms with Gasteiger partial charge >= 0.3 is 0 Å². The molecule has 1 saturated heterocycles. The van der Waals surface area contributed by atoms with Gasteiger partial charge in [0.1, 0.15) is 17.6 Å². The van der Waals surface area contributed by atoms with Crippen LogP contribution in [0.15, 0.2) is 47.1 Å². The molecule has 0 unspecified atom stereocenters. The highest BCUT2D eigenvalue weighted by atomic mass is 16.5. The van der Waals surface area contributed by atoms with Gasteiger partial charge in [0.25, 0.3) is 5.91 Å². The minimum absolute atomic E-state index is 0.0654. The van der Waals surface area contributed by atoms with Gasteiger partial charge < -0.3 is 24.7 Å². The van der Waals surface area contributed by atoms with Gasteiger partial charge in [-0.05, 0) is 61.9 Å². The maximum absolute atomic E-state index is 13.1. The number of nitrogens with one attached hydrogen (secondary N) is 2. The topological polar surface area (TPSA) is 101 Å². The average Bonchev–Trinajstić information content (AvgIpc) is 3.55. The highest BCUT2D eigenvalue weighted by Gasteiger charge is 2.38. The molecule has 0 bridgehead atoms. The summed E-state index contributed by atoms with van der Waals surface area (Å²) in [5.41, 5.74) is 0.425. The van der Waals surface area contributed by atoms with Crippen molar-refractivity contribution in [3.8, 4) is 5.75 Å². The number of benzene rings is 1. The van der Waals surface area contributed by atoms with Crippen molar-refractivity contribution in [2.24, 2.45) is 11.8 Å². The Kier molecular flexibility index (Phi) is 6.78. The first-order valence-electron chi connectivity index (χ1n) is 11.1. The maximum atomic E-state index is 13.1. The number of nitrogens with zero attached hydrogens (tertiary/aromatic N) is 1. The number of methoxy groups -OCH3 is 1. The monoisotopic (exact) mass is 439 g/mol. The number of furan rings is 1. The highest BCUT2D eigenvalue weighted by Crippen LogP contribution is 2.33. The molecule has 0 spiro atoms. The maximum Gasteiger partial charge on any atom is 0.252 e. The van der Waals surface area contributed by atoms with Crippen LogP contribution in [0.3, 0.4) is 0 Å². The van der Waals surface area contributed by atoms with Crippen molar-refractivity contribution in [1.29, 1.82) is 0 Å². The number of piperidine rings is 1. The van der Waals surface area contributed by atoms with Gasteiger partial charge in [-0.25, -0.2) is 0 Å². The lowest BCUT2D eigenvalue weighted by Crippen LogP contribution is -2.53. The molecule has 170 valence electrons. The third kappa shape index (κ3) is 5.30. The minimum atomic E-state index is -0.707. The van der Waals surface area contributed by atoms with Crippen molar-refractivity contribution in [3.63, 3.8) is 0 Å². The molecule has 0 radical (unpaired) electrons. The molecule has 1 atom stereocenters. The molecule has 8 heteroatoms. The lowest BCUT2D eigenvalue weighted by atomic mass is 9.88. The van der Waals surface area contributed by atoms with E-state index in [2.05, 4.69) is 10.6 Å². The van der Waals surface area contributed by atoms with E-state index in [1.165, 1.54) is 0 Å². The summed E-state index contributed by atoms with van der Waals surface area (Å²) in [6, 6.07) is 9.67. The first-order valence-corrected chi connectivity index (χ1v) is 11.1. The fraction of sp³-hybridized carbons (Fsp3) is 0.458. The standard InChI is InChI=1S/C24H29N3O5/c1-31-19-5-2-4-18(14-19)22(28)26-21(23(29)25-15-20-6-3-13-32-20)16-9-11-27(12-10-16)24(30)17-7-8-17/h2-6,13-14,16-17,21H,7-12,15H2,1H3,(H,25,29)(H,26,28)/t21-/m0/s1. The second-order valence-corrected chi connectivity index (χ2v) is 8.42. The zero-order chi connectivity index (χ0) is 22.5. The largest absolute Gasteiger partial charge is 0.497 e. The third-order valence-corrected chi connectivity index (χ3v) is 6.17. The summed E-state index contributed by atoms with van der Waals surface area (Å²) in [5.74, 6) is 0.964.